The maximum atomic E-state index is 12.5. The van der Waals surface area contributed by atoms with Crippen LogP contribution >= 0.6 is 0 Å². The smallest absolute Gasteiger partial charge is 0.305 e. The number of amides is 1. The van der Waals surface area contributed by atoms with E-state index in [1.807, 2.05) is 0 Å². The van der Waals surface area contributed by atoms with Gasteiger partial charge in [0.2, 0.25) is 5.91 Å². The van der Waals surface area contributed by atoms with Crippen molar-refractivity contribution in [2.45, 2.75) is 347 Å². The molecule has 0 aromatic rings. The van der Waals surface area contributed by atoms with Gasteiger partial charge < -0.3 is 20.3 Å². The molecule has 2 atom stereocenters. The van der Waals surface area contributed by atoms with Crippen molar-refractivity contribution in [2.24, 2.45) is 0 Å². The Hall–Kier alpha value is -1.66. The molecule has 0 aromatic heterocycles. The molecule has 0 spiro atoms. The van der Waals surface area contributed by atoms with Gasteiger partial charge in [-0.1, -0.05) is 289 Å². The molecule has 6 nitrogen and oxygen atoms in total. The van der Waals surface area contributed by atoms with Gasteiger partial charge in [-0.2, -0.15) is 0 Å². The Labute approximate surface area is 424 Å². The Morgan fingerprint density at radius 2 is 0.735 bits per heavy atom. The number of allylic oxidation sites excluding steroid dienone is 4. The number of hydrogen-bond acceptors (Lipinski definition) is 5. The van der Waals surface area contributed by atoms with E-state index < -0.39 is 12.1 Å². The average Bonchev–Trinajstić information content (AvgIpc) is 3.34. The number of rotatable bonds is 57. The summed E-state index contributed by atoms with van der Waals surface area (Å²) in [5.74, 6) is -0.0534. The van der Waals surface area contributed by atoms with E-state index in [0.717, 1.165) is 57.8 Å². The normalized spacial score (nSPS) is 12.7. The van der Waals surface area contributed by atoms with Crippen LogP contribution in [0.3, 0.4) is 0 Å². The molecule has 402 valence electrons. The predicted molar refractivity (Wildman–Crippen MR) is 296 cm³/mol. The zero-order chi connectivity index (χ0) is 49.3. The fraction of sp³-hybridized carbons (Fsp3) is 0.903. The summed E-state index contributed by atoms with van der Waals surface area (Å²) in [5, 5.41) is 23.4. The minimum atomic E-state index is -0.671. The van der Waals surface area contributed by atoms with Crippen LogP contribution < -0.4 is 5.32 Å². The fourth-order valence-electron chi connectivity index (χ4n) is 9.55. The molecule has 0 bridgehead atoms. The molecule has 2 unspecified atom stereocenters. The summed E-state index contributed by atoms with van der Waals surface area (Å²) in [7, 11) is 0. The van der Waals surface area contributed by atoms with Crippen LogP contribution in [-0.2, 0) is 14.3 Å². The lowest BCUT2D eigenvalue weighted by Gasteiger charge is -2.22. The maximum absolute atomic E-state index is 12.5. The van der Waals surface area contributed by atoms with Crippen LogP contribution in [0.25, 0.3) is 0 Å². The van der Waals surface area contributed by atoms with Crippen LogP contribution in [-0.4, -0.2) is 47.4 Å². The summed E-state index contributed by atoms with van der Waals surface area (Å²) < 4.78 is 5.47. The van der Waals surface area contributed by atoms with E-state index in [0.29, 0.717) is 25.9 Å². The van der Waals surface area contributed by atoms with Gasteiger partial charge in [0.15, 0.2) is 0 Å². The van der Waals surface area contributed by atoms with Crippen LogP contribution in [0.4, 0.5) is 0 Å². The molecule has 0 fully saturated rings. The van der Waals surface area contributed by atoms with Crippen molar-refractivity contribution in [3.63, 3.8) is 0 Å². The molecular formula is C62H119NO5. The zero-order valence-corrected chi connectivity index (χ0v) is 45.9. The van der Waals surface area contributed by atoms with E-state index >= 15 is 0 Å². The van der Waals surface area contributed by atoms with E-state index in [-0.39, 0.29) is 18.5 Å². The monoisotopic (exact) mass is 958 g/mol. The number of ether oxygens (including phenoxy) is 1. The van der Waals surface area contributed by atoms with Crippen LogP contribution in [0, 0.1) is 0 Å². The van der Waals surface area contributed by atoms with Gasteiger partial charge in [0.25, 0.3) is 0 Å². The first kappa shape index (κ1) is 66.3. The molecular weight excluding hydrogens is 839 g/mol. The number of carbonyl (C=O) groups excluding carboxylic acids is 2. The van der Waals surface area contributed by atoms with Crippen molar-refractivity contribution in [3.05, 3.63) is 24.3 Å². The van der Waals surface area contributed by atoms with Crippen LogP contribution in [0.5, 0.6) is 0 Å². The van der Waals surface area contributed by atoms with Crippen molar-refractivity contribution >= 4 is 11.9 Å². The molecule has 0 aliphatic heterocycles. The van der Waals surface area contributed by atoms with Crippen molar-refractivity contribution in [1.29, 1.82) is 0 Å². The van der Waals surface area contributed by atoms with Crippen molar-refractivity contribution < 1.29 is 24.5 Å². The van der Waals surface area contributed by atoms with Crippen LogP contribution in [0.15, 0.2) is 24.3 Å². The largest absolute Gasteiger partial charge is 0.466 e. The standard InChI is InChI=1S/C62H119NO5/c1-3-5-7-9-11-13-15-17-19-20-21-22-23-24-27-30-34-38-42-46-50-54-60(65)59(58-64)63-61(66)55-51-47-43-39-35-31-28-25-29-33-37-41-45-49-53-57-68-62(67)56-52-48-44-40-36-32-26-18-16-14-12-10-8-6-4-2/h12,14,18,26,59-60,64-65H,3-11,13,15-17,19-25,27-58H2,1-2H3,(H,63,66)/b14-12-,26-18-. The minimum absolute atomic E-state index is 0.0125. The lowest BCUT2D eigenvalue weighted by molar-refractivity contribution is -0.143. The maximum Gasteiger partial charge on any atom is 0.305 e. The van der Waals surface area contributed by atoms with Gasteiger partial charge in [-0.25, -0.2) is 0 Å². The van der Waals surface area contributed by atoms with Gasteiger partial charge in [0.05, 0.1) is 25.4 Å². The molecule has 0 aromatic carbocycles. The van der Waals surface area contributed by atoms with E-state index in [9.17, 15) is 19.8 Å². The summed E-state index contributed by atoms with van der Waals surface area (Å²) in [4.78, 5) is 24.6. The molecule has 0 radical (unpaired) electrons. The van der Waals surface area contributed by atoms with Crippen molar-refractivity contribution in [3.8, 4) is 0 Å². The summed E-state index contributed by atoms with van der Waals surface area (Å²) in [6.45, 7) is 4.93. The number of nitrogens with one attached hydrogen (secondary N) is 1. The Kier molecular flexibility index (Phi) is 56.5. The summed E-state index contributed by atoms with van der Waals surface area (Å²) >= 11 is 0. The molecule has 0 saturated heterocycles. The number of aliphatic hydroxyl groups is 2. The second kappa shape index (κ2) is 57.9. The average molecular weight is 959 g/mol. The number of aliphatic hydroxyl groups excluding tert-OH is 2. The van der Waals surface area contributed by atoms with Gasteiger partial charge in [-0.05, 0) is 57.8 Å². The van der Waals surface area contributed by atoms with E-state index in [1.165, 1.54) is 244 Å². The minimum Gasteiger partial charge on any atom is -0.466 e. The molecule has 0 saturated carbocycles. The number of esters is 1. The van der Waals surface area contributed by atoms with Gasteiger partial charge in [0.1, 0.15) is 0 Å². The third kappa shape index (κ3) is 53.7. The van der Waals surface area contributed by atoms with E-state index in [1.54, 1.807) is 0 Å². The second-order valence-electron chi connectivity index (χ2n) is 21.0. The van der Waals surface area contributed by atoms with Crippen molar-refractivity contribution in [1.82, 2.24) is 5.32 Å². The highest BCUT2D eigenvalue weighted by atomic mass is 16.5. The molecule has 0 rings (SSSR count). The summed E-state index contributed by atoms with van der Waals surface area (Å²) in [6, 6.07) is -0.549. The Bertz CT molecular complexity index is 1060. The molecule has 0 aliphatic rings. The predicted octanol–water partition coefficient (Wildman–Crippen LogP) is 19.0. The molecule has 68 heavy (non-hydrogen) atoms. The van der Waals surface area contributed by atoms with Crippen LogP contribution in [0.1, 0.15) is 335 Å². The van der Waals surface area contributed by atoms with Crippen LogP contribution in [0.2, 0.25) is 0 Å². The number of hydrogen-bond donors (Lipinski definition) is 3. The second-order valence-corrected chi connectivity index (χ2v) is 21.0. The first-order valence-electron chi connectivity index (χ1n) is 30.6. The Balaban J connectivity index is 3.44. The summed E-state index contributed by atoms with van der Waals surface area (Å²) in [5.41, 5.74) is 0. The number of carbonyl (C=O) groups is 2. The quantitative estimate of drug-likeness (QED) is 0.0321. The highest BCUT2D eigenvalue weighted by Crippen LogP contribution is 2.18. The topological polar surface area (TPSA) is 95.9 Å². The van der Waals surface area contributed by atoms with Gasteiger partial charge in [0, 0.05) is 12.8 Å². The number of unbranched alkanes of at least 4 members (excludes halogenated alkanes) is 42. The molecule has 0 heterocycles. The molecule has 0 aliphatic carbocycles. The molecule has 6 heteroatoms. The van der Waals surface area contributed by atoms with Crippen molar-refractivity contribution in [2.75, 3.05) is 13.2 Å². The first-order chi connectivity index (χ1) is 33.5. The van der Waals surface area contributed by atoms with E-state index in [2.05, 4.69) is 43.5 Å². The highest BCUT2D eigenvalue weighted by Gasteiger charge is 2.20. The van der Waals surface area contributed by atoms with Gasteiger partial charge in [-0.3, -0.25) is 9.59 Å². The zero-order valence-electron chi connectivity index (χ0n) is 45.9. The Morgan fingerprint density at radius 3 is 1.15 bits per heavy atom. The van der Waals surface area contributed by atoms with E-state index in [4.69, 9.17) is 4.74 Å². The first-order valence-corrected chi connectivity index (χ1v) is 30.6. The SMILES string of the molecule is CCCCC/C=C\C/C=C\CCCCCCCC(=O)OCCCCCCCCCCCCCCCCCC(=O)NC(CO)C(O)CCCCCCCCCCCCCCCCCCCCCCC. The lowest BCUT2D eigenvalue weighted by Crippen LogP contribution is -2.45. The fourth-order valence-corrected chi connectivity index (χ4v) is 9.55. The molecule has 3 N–H and O–H groups in total. The summed E-state index contributed by atoms with van der Waals surface area (Å²) in [6.07, 6.45) is 70.3. The third-order valence-corrected chi connectivity index (χ3v) is 14.3. The molecule has 1 amide bonds. The lowest BCUT2D eigenvalue weighted by atomic mass is 10.0. The van der Waals surface area contributed by atoms with Gasteiger partial charge >= 0.3 is 5.97 Å². The Morgan fingerprint density at radius 1 is 0.412 bits per heavy atom. The third-order valence-electron chi connectivity index (χ3n) is 14.3. The highest BCUT2D eigenvalue weighted by molar-refractivity contribution is 5.76. The van der Waals surface area contributed by atoms with Gasteiger partial charge in [-0.15, -0.1) is 0 Å².